The molecule has 24 heavy (non-hydrogen) atoms. The van der Waals surface area contributed by atoms with Crippen LogP contribution < -0.4 is 4.74 Å². The fraction of sp³-hybridized carbons (Fsp3) is 0.684. The van der Waals surface area contributed by atoms with E-state index in [-0.39, 0.29) is 0 Å². The molecule has 0 saturated carbocycles. The fourth-order valence-corrected chi connectivity index (χ4v) is 5.78. The van der Waals surface area contributed by atoms with Gasteiger partial charge in [0.2, 0.25) is 5.91 Å². The van der Waals surface area contributed by atoms with Crippen LogP contribution in [0.3, 0.4) is 0 Å². The van der Waals surface area contributed by atoms with Gasteiger partial charge in [-0.3, -0.25) is 0 Å². The molecule has 0 bridgehead atoms. The van der Waals surface area contributed by atoms with Crippen molar-refractivity contribution in [2.24, 2.45) is 0 Å². The van der Waals surface area contributed by atoms with E-state index in [9.17, 15) is 0 Å². The zero-order valence-electron chi connectivity index (χ0n) is 14.5. The third-order valence-corrected chi connectivity index (χ3v) is 6.60. The van der Waals surface area contributed by atoms with E-state index in [1.807, 2.05) is 0 Å². The summed E-state index contributed by atoms with van der Waals surface area (Å²) in [5.74, 6) is 0.946. The Morgan fingerprint density at radius 2 is 2.12 bits per heavy atom. The van der Waals surface area contributed by atoms with Crippen LogP contribution in [0, 0.1) is 0 Å². The van der Waals surface area contributed by atoms with Crippen LogP contribution in [-0.4, -0.2) is 48.5 Å². The first-order chi connectivity index (χ1) is 11.7. The van der Waals surface area contributed by atoms with Crippen LogP contribution >= 0.6 is 15.9 Å². The minimum absolute atomic E-state index is 0.411. The van der Waals surface area contributed by atoms with Crippen molar-refractivity contribution in [2.45, 2.75) is 55.3 Å². The molecule has 1 aromatic carbocycles. The minimum atomic E-state index is -0.517. The van der Waals surface area contributed by atoms with Crippen molar-refractivity contribution in [3.63, 3.8) is 0 Å². The summed E-state index contributed by atoms with van der Waals surface area (Å²) in [5, 5.41) is 0. The van der Waals surface area contributed by atoms with Crippen LogP contribution in [-0.2, 0) is 15.9 Å². The second kappa shape index (κ2) is 6.60. The van der Waals surface area contributed by atoms with E-state index in [0.717, 1.165) is 38.0 Å². The first kappa shape index (κ1) is 16.8. The van der Waals surface area contributed by atoms with E-state index in [1.54, 1.807) is 7.11 Å². The van der Waals surface area contributed by atoms with Gasteiger partial charge in [0.25, 0.3) is 0 Å². The standard InChI is InChI=1S/C19H26BrNO3/c1-3-7-19(23-9-10-24-19)21-8-6-15-16-12-14(22-2)5-4-13(16)11-17(20)18(15)21/h4-5,12,15,17-18H,3,6-11H2,1-2H3. The molecule has 2 heterocycles. The number of hydrogen-bond acceptors (Lipinski definition) is 4. The summed E-state index contributed by atoms with van der Waals surface area (Å²) < 4.78 is 17.8. The van der Waals surface area contributed by atoms with Gasteiger partial charge >= 0.3 is 0 Å². The third-order valence-electron chi connectivity index (χ3n) is 5.73. The summed E-state index contributed by atoms with van der Waals surface area (Å²) >= 11 is 3.98. The molecule has 0 aromatic heterocycles. The van der Waals surface area contributed by atoms with Crippen LogP contribution in [0.15, 0.2) is 18.2 Å². The van der Waals surface area contributed by atoms with Crippen molar-refractivity contribution in [2.75, 3.05) is 26.9 Å². The Balaban J connectivity index is 1.68. The molecule has 3 aliphatic rings. The Morgan fingerprint density at radius 3 is 2.83 bits per heavy atom. The van der Waals surface area contributed by atoms with Crippen molar-refractivity contribution >= 4 is 15.9 Å². The normalized spacial score (nSPS) is 31.7. The average molecular weight is 396 g/mol. The average Bonchev–Trinajstić information content (AvgIpc) is 3.23. The van der Waals surface area contributed by atoms with Crippen molar-refractivity contribution in [3.8, 4) is 5.75 Å². The smallest absolute Gasteiger partial charge is 0.230 e. The number of fused-ring (bicyclic) bond motifs is 3. The van der Waals surface area contributed by atoms with E-state index in [0.29, 0.717) is 30.0 Å². The van der Waals surface area contributed by atoms with Gasteiger partial charge < -0.3 is 14.2 Å². The summed E-state index contributed by atoms with van der Waals surface area (Å²) in [6.45, 7) is 4.62. The Morgan fingerprint density at radius 1 is 1.33 bits per heavy atom. The van der Waals surface area contributed by atoms with Gasteiger partial charge in [0.05, 0.1) is 20.3 Å². The molecule has 2 aliphatic heterocycles. The zero-order chi connectivity index (χ0) is 16.7. The number of nitrogens with zero attached hydrogens (tertiary/aromatic N) is 1. The first-order valence-electron chi connectivity index (χ1n) is 9.04. The molecule has 0 N–H and O–H groups in total. The fourth-order valence-electron chi connectivity index (χ4n) is 4.78. The molecule has 5 heteroatoms. The highest BCUT2D eigenvalue weighted by Crippen LogP contribution is 2.49. The van der Waals surface area contributed by atoms with Gasteiger partial charge in [-0.05, 0) is 42.5 Å². The monoisotopic (exact) mass is 395 g/mol. The molecule has 3 unspecified atom stereocenters. The maximum Gasteiger partial charge on any atom is 0.230 e. The van der Waals surface area contributed by atoms with Crippen LogP contribution in [0.5, 0.6) is 5.75 Å². The maximum absolute atomic E-state index is 6.15. The van der Waals surface area contributed by atoms with E-state index in [2.05, 4.69) is 46.0 Å². The molecular formula is C19H26BrNO3. The summed E-state index contributed by atoms with van der Waals surface area (Å²) in [4.78, 5) is 2.92. The molecule has 1 aromatic rings. The predicted molar refractivity (Wildman–Crippen MR) is 96.8 cm³/mol. The summed E-state index contributed by atoms with van der Waals surface area (Å²) in [6, 6.07) is 6.95. The topological polar surface area (TPSA) is 30.9 Å². The molecule has 0 spiro atoms. The van der Waals surface area contributed by atoms with Crippen LogP contribution in [0.2, 0.25) is 0 Å². The molecule has 4 rings (SSSR count). The molecule has 3 atom stereocenters. The van der Waals surface area contributed by atoms with Crippen LogP contribution in [0.4, 0.5) is 0 Å². The highest BCUT2D eigenvalue weighted by molar-refractivity contribution is 9.09. The molecule has 132 valence electrons. The first-order valence-corrected chi connectivity index (χ1v) is 9.95. The van der Waals surface area contributed by atoms with Crippen molar-refractivity contribution < 1.29 is 14.2 Å². The molecule has 2 fully saturated rings. The second-order valence-electron chi connectivity index (χ2n) is 7.02. The van der Waals surface area contributed by atoms with E-state index in [1.165, 1.54) is 11.1 Å². The minimum Gasteiger partial charge on any atom is -0.497 e. The van der Waals surface area contributed by atoms with Gasteiger partial charge in [0.15, 0.2) is 0 Å². The number of benzene rings is 1. The Hall–Kier alpha value is -0.620. The largest absolute Gasteiger partial charge is 0.497 e. The second-order valence-corrected chi connectivity index (χ2v) is 8.20. The van der Waals surface area contributed by atoms with Gasteiger partial charge in [0, 0.05) is 29.8 Å². The molecule has 4 nitrogen and oxygen atoms in total. The zero-order valence-corrected chi connectivity index (χ0v) is 16.0. The Kier molecular flexibility index (Phi) is 4.63. The van der Waals surface area contributed by atoms with E-state index in [4.69, 9.17) is 14.2 Å². The maximum atomic E-state index is 6.15. The van der Waals surface area contributed by atoms with Gasteiger partial charge in [-0.2, -0.15) is 0 Å². The molecule has 1 aliphatic carbocycles. The predicted octanol–water partition coefficient (Wildman–Crippen LogP) is 3.67. The van der Waals surface area contributed by atoms with Crippen LogP contribution in [0.25, 0.3) is 0 Å². The molecule has 2 saturated heterocycles. The summed E-state index contributed by atoms with van der Waals surface area (Å²) in [7, 11) is 1.74. The number of hydrogen-bond donors (Lipinski definition) is 0. The van der Waals surface area contributed by atoms with Gasteiger partial charge in [-0.1, -0.05) is 28.9 Å². The summed E-state index contributed by atoms with van der Waals surface area (Å²) in [5.41, 5.74) is 2.89. The van der Waals surface area contributed by atoms with Crippen molar-refractivity contribution in [3.05, 3.63) is 29.3 Å². The SMILES string of the molecule is CCCC1(N2CCC3c4cc(OC)ccc4CC(Br)C32)OCCO1. The number of likely N-dealkylation sites (tertiary alicyclic amines) is 1. The van der Waals surface area contributed by atoms with Crippen molar-refractivity contribution in [1.82, 2.24) is 4.90 Å². The van der Waals surface area contributed by atoms with Gasteiger partial charge in [-0.15, -0.1) is 0 Å². The number of alkyl halides is 1. The van der Waals surface area contributed by atoms with Crippen LogP contribution in [0.1, 0.15) is 43.2 Å². The lowest BCUT2D eigenvalue weighted by Gasteiger charge is -2.44. The Bertz CT molecular complexity index is 602. The molecular weight excluding hydrogens is 370 g/mol. The molecule has 0 radical (unpaired) electrons. The number of methoxy groups -OCH3 is 1. The quantitative estimate of drug-likeness (QED) is 0.727. The number of halogens is 1. The van der Waals surface area contributed by atoms with Gasteiger partial charge in [0.1, 0.15) is 5.75 Å². The number of rotatable bonds is 4. The highest BCUT2D eigenvalue weighted by Gasteiger charge is 2.53. The molecule has 0 amide bonds. The lowest BCUT2D eigenvalue weighted by atomic mass is 9.79. The summed E-state index contributed by atoms with van der Waals surface area (Å²) in [6.07, 6.45) is 4.18. The number of ether oxygens (including phenoxy) is 3. The lowest BCUT2D eigenvalue weighted by molar-refractivity contribution is -0.267. The van der Waals surface area contributed by atoms with E-state index < -0.39 is 5.91 Å². The van der Waals surface area contributed by atoms with Crippen molar-refractivity contribution in [1.29, 1.82) is 0 Å². The van der Waals surface area contributed by atoms with E-state index >= 15 is 0 Å². The lowest BCUT2D eigenvalue weighted by Crippen LogP contribution is -2.56. The third kappa shape index (κ3) is 2.61. The van der Waals surface area contributed by atoms with Gasteiger partial charge in [-0.25, -0.2) is 4.90 Å². The Labute approximate surface area is 152 Å². The highest BCUT2D eigenvalue weighted by atomic mass is 79.9.